The smallest absolute Gasteiger partial charge is 0.237 e. The van der Waals surface area contributed by atoms with Crippen LogP contribution in [0.25, 0.3) is 11.4 Å². The normalized spacial score (nSPS) is 19.5. The molecule has 1 fully saturated rings. The number of rotatable bonds is 2. The van der Waals surface area contributed by atoms with Gasteiger partial charge in [-0.2, -0.15) is 4.98 Å². The highest BCUT2D eigenvalue weighted by molar-refractivity contribution is 6.31. The second-order valence-electron chi connectivity index (χ2n) is 5.20. The molecule has 0 radical (unpaired) electrons. The number of Topliss-reactive ketones (excluding diaryl/α,β-unsaturated/α-hetero) is 1. The van der Waals surface area contributed by atoms with Gasteiger partial charge in [0.2, 0.25) is 11.7 Å². The molecule has 0 N–H and O–H groups in total. The van der Waals surface area contributed by atoms with E-state index in [4.69, 9.17) is 16.1 Å². The minimum atomic E-state index is -0.497. The largest absolute Gasteiger partial charge is 0.338 e. The van der Waals surface area contributed by atoms with Gasteiger partial charge in [-0.25, -0.2) is 4.39 Å². The zero-order valence-electron chi connectivity index (χ0n) is 11.3. The maximum Gasteiger partial charge on any atom is 0.237 e. The first-order valence-corrected chi connectivity index (χ1v) is 7.34. The van der Waals surface area contributed by atoms with E-state index >= 15 is 0 Å². The molecule has 1 aromatic heterocycles. The maximum absolute atomic E-state index is 13.2. The Balaban J connectivity index is 1.88. The maximum atomic E-state index is 13.2. The van der Waals surface area contributed by atoms with Gasteiger partial charge in [0.1, 0.15) is 11.6 Å². The minimum absolute atomic E-state index is 0.00407. The number of benzene rings is 1. The lowest BCUT2D eigenvalue weighted by Crippen LogP contribution is -2.10. The van der Waals surface area contributed by atoms with Crippen molar-refractivity contribution in [2.45, 2.75) is 38.0 Å². The minimum Gasteiger partial charge on any atom is -0.338 e. The van der Waals surface area contributed by atoms with Gasteiger partial charge in [0.15, 0.2) is 0 Å². The summed E-state index contributed by atoms with van der Waals surface area (Å²) in [7, 11) is 0. The van der Waals surface area contributed by atoms with E-state index in [0.717, 1.165) is 25.7 Å². The summed E-state index contributed by atoms with van der Waals surface area (Å²) < 4.78 is 18.4. The molecule has 4 nitrogen and oxygen atoms in total. The summed E-state index contributed by atoms with van der Waals surface area (Å²) in [4.78, 5) is 16.3. The fraction of sp³-hybridized carbons (Fsp3) is 0.400. The monoisotopic (exact) mass is 308 g/mol. The van der Waals surface area contributed by atoms with Crippen molar-refractivity contribution in [3.05, 3.63) is 34.9 Å². The van der Waals surface area contributed by atoms with E-state index in [1.54, 1.807) is 0 Å². The molecule has 21 heavy (non-hydrogen) atoms. The van der Waals surface area contributed by atoms with E-state index in [-0.39, 0.29) is 16.7 Å². The van der Waals surface area contributed by atoms with Crippen LogP contribution in [0.15, 0.2) is 22.7 Å². The predicted octanol–water partition coefficient (Wildman–Crippen LogP) is 4.15. The van der Waals surface area contributed by atoms with Crippen LogP contribution < -0.4 is 0 Å². The number of aromatic nitrogens is 2. The molecule has 1 saturated carbocycles. The lowest BCUT2D eigenvalue weighted by atomic mass is 9.99. The predicted molar refractivity (Wildman–Crippen MR) is 75.5 cm³/mol. The first-order chi connectivity index (χ1) is 10.1. The van der Waals surface area contributed by atoms with Crippen molar-refractivity contribution < 1.29 is 13.7 Å². The third-order valence-electron chi connectivity index (χ3n) is 3.72. The molecule has 1 aliphatic carbocycles. The summed E-state index contributed by atoms with van der Waals surface area (Å²) in [5.74, 6) is 0.00823. The molecular weight excluding hydrogens is 295 g/mol. The van der Waals surface area contributed by atoms with Crippen molar-refractivity contribution in [1.29, 1.82) is 0 Å². The van der Waals surface area contributed by atoms with Gasteiger partial charge in [0, 0.05) is 12.0 Å². The summed E-state index contributed by atoms with van der Waals surface area (Å²) in [6.45, 7) is 0. The number of carbonyl (C=O) groups is 1. The van der Waals surface area contributed by atoms with E-state index in [9.17, 15) is 9.18 Å². The number of halogens is 2. The summed E-state index contributed by atoms with van der Waals surface area (Å²) in [6.07, 6.45) is 4.26. The van der Waals surface area contributed by atoms with Crippen molar-refractivity contribution in [2.24, 2.45) is 0 Å². The van der Waals surface area contributed by atoms with Crippen LogP contribution in [0.3, 0.4) is 0 Å². The molecule has 1 atom stereocenters. The highest BCUT2D eigenvalue weighted by Crippen LogP contribution is 2.30. The van der Waals surface area contributed by atoms with Crippen LogP contribution in [0, 0.1) is 5.82 Å². The Morgan fingerprint density at radius 2 is 2.14 bits per heavy atom. The van der Waals surface area contributed by atoms with E-state index in [1.807, 2.05) is 0 Å². The van der Waals surface area contributed by atoms with Gasteiger partial charge in [0.25, 0.3) is 0 Å². The summed E-state index contributed by atoms with van der Waals surface area (Å²) in [6, 6.07) is 4.23. The third-order valence-corrected chi connectivity index (χ3v) is 4.01. The molecular formula is C15H14ClFN2O2. The zero-order valence-corrected chi connectivity index (χ0v) is 12.1. The molecule has 1 aliphatic rings. The van der Waals surface area contributed by atoms with Gasteiger partial charge in [-0.15, -0.1) is 0 Å². The Kier molecular flexibility index (Phi) is 4.01. The second-order valence-corrected chi connectivity index (χ2v) is 5.61. The molecule has 0 spiro atoms. The number of hydrogen-bond acceptors (Lipinski definition) is 4. The quantitative estimate of drug-likeness (QED) is 0.782. The van der Waals surface area contributed by atoms with Crippen LogP contribution >= 0.6 is 11.6 Å². The summed E-state index contributed by atoms with van der Waals surface area (Å²) in [5, 5.41) is 3.88. The lowest BCUT2D eigenvalue weighted by molar-refractivity contribution is -0.120. The van der Waals surface area contributed by atoms with Crippen LogP contribution in [-0.4, -0.2) is 15.9 Å². The molecule has 110 valence electrons. The van der Waals surface area contributed by atoms with Crippen LogP contribution in [0.5, 0.6) is 0 Å². The topological polar surface area (TPSA) is 56.0 Å². The molecule has 2 aromatic rings. The second kappa shape index (κ2) is 5.93. The third kappa shape index (κ3) is 2.97. The number of hydrogen-bond donors (Lipinski definition) is 0. The molecule has 0 amide bonds. The van der Waals surface area contributed by atoms with Gasteiger partial charge < -0.3 is 4.52 Å². The van der Waals surface area contributed by atoms with Gasteiger partial charge in [-0.1, -0.05) is 29.6 Å². The number of ketones is 1. The van der Waals surface area contributed by atoms with Crippen molar-refractivity contribution in [1.82, 2.24) is 10.1 Å². The number of carbonyl (C=O) groups excluding carboxylic acids is 1. The zero-order chi connectivity index (χ0) is 14.8. The number of nitrogens with zero attached hydrogens (tertiary/aromatic N) is 2. The van der Waals surface area contributed by atoms with Crippen molar-refractivity contribution in [3.8, 4) is 11.4 Å². The van der Waals surface area contributed by atoms with E-state index in [1.165, 1.54) is 18.2 Å². The van der Waals surface area contributed by atoms with E-state index in [2.05, 4.69) is 10.1 Å². The lowest BCUT2D eigenvalue weighted by Gasteiger charge is -2.06. The summed E-state index contributed by atoms with van der Waals surface area (Å²) in [5.41, 5.74) is 0.567. The van der Waals surface area contributed by atoms with E-state index < -0.39 is 5.82 Å². The van der Waals surface area contributed by atoms with Crippen molar-refractivity contribution in [2.75, 3.05) is 0 Å². The van der Waals surface area contributed by atoms with E-state index in [0.29, 0.717) is 23.7 Å². The van der Waals surface area contributed by atoms with Gasteiger partial charge in [-0.05, 0) is 31.0 Å². The SMILES string of the molecule is O=C1CCCCCC1c1nc(-c2ccc(F)c(Cl)c2)no1. The van der Waals surface area contributed by atoms with Crippen LogP contribution in [0.1, 0.15) is 43.9 Å². The van der Waals surface area contributed by atoms with Crippen molar-refractivity contribution >= 4 is 17.4 Å². The average molecular weight is 309 g/mol. The van der Waals surface area contributed by atoms with Gasteiger partial charge in [0.05, 0.1) is 10.9 Å². The molecule has 6 heteroatoms. The Morgan fingerprint density at radius 1 is 1.29 bits per heavy atom. The first-order valence-electron chi connectivity index (χ1n) is 6.97. The van der Waals surface area contributed by atoms with Gasteiger partial charge >= 0.3 is 0 Å². The Hall–Kier alpha value is -1.75. The highest BCUT2D eigenvalue weighted by Gasteiger charge is 2.28. The van der Waals surface area contributed by atoms with Crippen LogP contribution in [0.4, 0.5) is 4.39 Å². The highest BCUT2D eigenvalue weighted by atomic mass is 35.5. The Morgan fingerprint density at radius 3 is 2.95 bits per heavy atom. The molecule has 0 bridgehead atoms. The molecule has 1 aromatic carbocycles. The molecule has 0 saturated heterocycles. The van der Waals surface area contributed by atoms with Crippen LogP contribution in [0.2, 0.25) is 5.02 Å². The van der Waals surface area contributed by atoms with Crippen LogP contribution in [-0.2, 0) is 4.79 Å². The Bertz CT molecular complexity index is 671. The van der Waals surface area contributed by atoms with Gasteiger partial charge in [-0.3, -0.25) is 4.79 Å². The fourth-order valence-corrected chi connectivity index (χ4v) is 2.73. The molecule has 1 unspecified atom stereocenters. The molecule has 1 heterocycles. The standard InChI is InChI=1S/C15H14ClFN2O2/c16-11-8-9(6-7-12(11)17)14-18-15(21-19-14)10-4-2-1-3-5-13(10)20/h6-8,10H,1-5H2. The molecule has 3 rings (SSSR count). The average Bonchev–Trinajstić information content (AvgIpc) is 2.85. The fourth-order valence-electron chi connectivity index (χ4n) is 2.55. The first kappa shape index (κ1) is 14.2. The summed E-state index contributed by atoms with van der Waals surface area (Å²) >= 11 is 5.75. The molecule has 0 aliphatic heterocycles. The van der Waals surface area contributed by atoms with Crippen molar-refractivity contribution in [3.63, 3.8) is 0 Å². The Labute approximate surface area is 126 Å².